The number of hydrogen-bond acceptors (Lipinski definition) is 2. The maximum atomic E-state index is 8.62. The Bertz CT molecular complexity index is 88.5. The minimum absolute atomic E-state index is 0.212. The van der Waals surface area contributed by atoms with Gasteiger partial charge in [0.25, 0.3) is 0 Å². The highest BCUT2D eigenvalue weighted by Gasteiger charge is 2.23. The maximum absolute atomic E-state index is 8.62. The fourth-order valence-electron chi connectivity index (χ4n) is 0.728. The summed E-state index contributed by atoms with van der Waals surface area (Å²) < 4.78 is 0. The van der Waals surface area contributed by atoms with Crippen molar-refractivity contribution in [3.63, 3.8) is 0 Å². The van der Waals surface area contributed by atoms with Crippen molar-refractivity contribution in [1.29, 1.82) is 0 Å². The number of nitrogens with zero attached hydrogens (tertiary/aromatic N) is 1. The molecular formula is C6H11NO. The lowest BCUT2D eigenvalue weighted by Gasteiger charge is -2.07. The van der Waals surface area contributed by atoms with Crippen molar-refractivity contribution < 1.29 is 5.11 Å². The van der Waals surface area contributed by atoms with E-state index in [1.807, 2.05) is 0 Å². The lowest BCUT2D eigenvalue weighted by molar-refractivity contribution is 0.234. The van der Waals surface area contributed by atoms with E-state index in [0.29, 0.717) is 0 Å². The summed E-state index contributed by atoms with van der Waals surface area (Å²) in [5.74, 6) is 0. The molecule has 0 spiro atoms. The van der Waals surface area contributed by atoms with Gasteiger partial charge < -0.3 is 5.11 Å². The van der Waals surface area contributed by atoms with Crippen LogP contribution in [0.4, 0.5) is 0 Å². The van der Waals surface area contributed by atoms with E-state index in [0.717, 1.165) is 13.1 Å². The van der Waals surface area contributed by atoms with Gasteiger partial charge in [0.2, 0.25) is 0 Å². The second kappa shape index (κ2) is 2.29. The van der Waals surface area contributed by atoms with Crippen LogP contribution in [0.5, 0.6) is 0 Å². The Hall–Kier alpha value is -0.340. The second-order valence-corrected chi connectivity index (χ2v) is 2.02. The van der Waals surface area contributed by atoms with Crippen LogP contribution in [0.25, 0.3) is 0 Å². The smallest absolute Gasteiger partial charge is 0.0622 e. The standard InChI is InChI=1S/C6H11NO/c1-2-6(5-8)7-3-4-7/h2,6,8H,1,3-5H2. The topological polar surface area (TPSA) is 23.2 Å². The molecule has 2 heteroatoms. The Morgan fingerprint density at radius 1 is 1.75 bits per heavy atom. The normalized spacial score (nSPS) is 22.6. The van der Waals surface area contributed by atoms with Crippen LogP contribution in [-0.4, -0.2) is 35.7 Å². The molecule has 1 fully saturated rings. The molecule has 1 aliphatic rings. The summed E-state index contributed by atoms with van der Waals surface area (Å²) in [6, 6.07) is 0.218. The van der Waals surface area contributed by atoms with Gasteiger partial charge in [-0.1, -0.05) is 6.08 Å². The van der Waals surface area contributed by atoms with Crippen LogP contribution in [-0.2, 0) is 0 Å². The Kier molecular flexibility index (Phi) is 1.65. The van der Waals surface area contributed by atoms with Gasteiger partial charge in [-0.05, 0) is 0 Å². The summed E-state index contributed by atoms with van der Waals surface area (Å²) in [6.45, 7) is 6.05. The molecule has 1 rings (SSSR count). The van der Waals surface area contributed by atoms with Crippen molar-refractivity contribution in [2.24, 2.45) is 0 Å². The zero-order valence-electron chi connectivity index (χ0n) is 4.88. The van der Waals surface area contributed by atoms with Crippen LogP contribution < -0.4 is 0 Å². The maximum Gasteiger partial charge on any atom is 0.0622 e. The molecule has 0 aromatic rings. The number of aliphatic hydroxyl groups excluding tert-OH is 1. The van der Waals surface area contributed by atoms with E-state index in [9.17, 15) is 0 Å². The molecule has 1 aliphatic heterocycles. The lowest BCUT2D eigenvalue weighted by Crippen LogP contribution is -2.19. The second-order valence-electron chi connectivity index (χ2n) is 2.02. The van der Waals surface area contributed by atoms with Crippen molar-refractivity contribution in [3.8, 4) is 0 Å². The van der Waals surface area contributed by atoms with Crippen LogP contribution in [0.3, 0.4) is 0 Å². The molecule has 0 aromatic carbocycles. The molecule has 1 atom stereocenters. The molecule has 1 saturated heterocycles. The lowest BCUT2D eigenvalue weighted by atomic mass is 10.3. The predicted octanol–water partition coefficient (Wildman–Crippen LogP) is -0.151. The van der Waals surface area contributed by atoms with E-state index in [2.05, 4.69) is 11.5 Å². The summed E-state index contributed by atoms with van der Waals surface area (Å²) in [7, 11) is 0. The Balaban J connectivity index is 2.25. The quantitative estimate of drug-likeness (QED) is 0.406. The van der Waals surface area contributed by atoms with Crippen molar-refractivity contribution in [3.05, 3.63) is 12.7 Å². The fourth-order valence-corrected chi connectivity index (χ4v) is 0.728. The Morgan fingerprint density at radius 2 is 2.38 bits per heavy atom. The van der Waals surface area contributed by atoms with E-state index in [1.165, 1.54) is 0 Å². The third-order valence-electron chi connectivity index (χ3n) is 1.41. The summed E-state index contributed by atoms with van der Waals surface area (Å²) in [5, 5.41) is 8.62. The molecule has 46 valence electrons. The molecule has 0 aromatic heterocycles. The highest BCUT2D eigenvalue weighted by atomic mass is 16.3. The van der Waals surface area contributed by atoms with Gasteiger partial charge in [0.15, 0.2) is 0 Å². The zero-order valence-corrected chi connectivity index (χ0v) is 4.88. The van der Waals surface area contributed by atoms with Crippen LogP contribution in [0, 0.1) is 0 Å². The number of rotatable bonds is 3. The predicted molar refractivity (Wildman–Crippen MR) is 32.6 cm³/mol. The first-order valence-corrected chi connectivity index (χ1v) is 2.86. The van der Waals surface area contributed by atoms with Crippen LogP contribution >= 0.6 is 0 Å². The van der Waals surface area contributed by atoms with E-state index in [1.54, 1.807) is 6.08 Å². The molecule has 0 amide bonds. The van der Waals surface area contributed by atoms with E-state index >= 15 is 0 Å². The van der Waals surface area contributed by atoms with Gasteiger partial charge in [-0.15, -0.1) is 6.58 Å². The molecule has 2 nitrogen and oxygen atoms in total. The Labute approximate surface area is 49.4 Å². The zero-order chi connectivity index (χ0) is 5.98. The average Bonchev–Trinajstić information content (AvgIpc) is 2.53. The van der Waals surface area contributed by atoms with Gasteiger partial charge in [-0.2, -0.15) is 0 Å². The summed E-state index contributed by atoms with van der Waals surface area (Å²) in [6.07, 6.45) is 1.78. The van der Waals surface area contributed by atoms with Gasteiger partial charge in [0, 0.05) is 13.1 Å². The summed E-state index contributed by atoms with van der Waals surface area (Å²) >= 11 is 0. The summed E-state index contributed by atoms with van der Waals surface area (Å²) in [5.41, 5.74) is 0. The van der Waals surface area contributed by atoms with Gasteiger partial charge in [-0.25, -0.2) is 0 Å². The van der Waals surface area contributed by atoms with E-state index in [-0.39, 0.29) is 12.6 Å². The molecule has 1 heterocycles. The van der Waals surface area contributed by atoms with E-state index < -0.39 is 0 Å². The molecule has 0 saturated carbocycles. The molecule has 0 radical (unpaired) electrons. The Morgan fingerprint density at radius 3 is 2.50 bits per heavy atom. The minimum Gasteiger partial charge on any atom is -0.394 e. The number of hydrogen-bond donors (Lipinski definition) is 1. The first-order chi connectivity index (χ1) is 3.88. The van der Waals surface area contributed by atoms with Gasteiger partial charge >= 0.3 is 0 Å². The highest BCUT2D eigenvalue weighted by Crippen LogP contribution is 2.09. The largest absolute Gasteiger partial charge is 0.394 e. The molecule has 1 unspecified atom stereocenters. The number of aliphatic hydroxyl groups is 1. The molecular weight excluding hydrogens is 102 g/mol. The molecule has 8 heavy (non-hydrogen) atoms. The van der Waals surface area contributed by atoms with Gasteiger partial charge in [0.05, 0.1) is 12.6 Å². The minimum atomic E-state index is 0.212. The molecule has 0 bridgehead atoms. The average molecular weight is 113 g/mol. The fraction of sp³-hybridized carbons (Fsp3) is 0.667. The SMILES string of the molecule is C=CC(CO)N1CC1. The molecule has 1 N–H and O–H groups in total. The highest BCUT2D eigenvalue weighted by molar-refractivity contribution is 4.93. The van der Waals surface area contributed by atoms with Crippen molar-refractivity contribution in [2.75, 3.05) is 19.7 Å². The van der Waals surface area contributed by atoms with Crippen LogP contribution in [0.1, 0.15) is 0 Å². The van der Waals surface area contributed by atoms with Crippen molar-refractivity contribution in [2.45, 2.75) is 6.04 Å². The van der Waals surface area contributed by atoms with Crippen molar-refractivity contribution in [1.82, 2.24) is 4.90 Å². The van der Waals surface area contributed by atoms with Crippen LogP contribution in [0.15, 0.2) is 12.7 Å². The molecule has 0 aliphatic carbocycles. The van der Waals surface area contributed by atoms with Crippen molar-refractivity contribution >= 4 is 0 Å². The first-order valence-electron chi connectivity index (χ1n) is 2.86. The van der Waals surface area contributed by atoms with Crippen LogP contribution in [0.2, 0.25) is 0 Å². The van der Waals surface area contributed by atoms with E-state index in [4.69, 9.17) is 5.11 Å². The third-order valence-corrected chi connectivity index (χ3v) is 1.41. The van der Waals surface area contributed by atoms with Gasteiger partial charge in [-0.3, -0.25) is 4.90 Å². The summed E-state index contributed by atoms with van der Waals surface area (Å²) in [4.78, 5) is 2.16. The van der Waals surface area contributed by atoms with Gasteiger partial charge in [0.1, 0.15) is 0 Å². The monoisotopic (exact) mass is 113 g/mol. The third kappa shape index (κ3) is 1.08. The first kappa shape index (κ1) is 5.79.